The van der Waals surface area contributed by atoms with Crippen molar-refractivity contribution in [3.63, 3.8) is 0 Å². The first-order valence-electron chi connectivity index (χ1n) is 5.88. The SMILES string of the molecule is O=C(O)c1ccc(C(=O)N(CCO)C2CCC2)s1. The van der Waals surface area contributed by atoms with E-state index in [9.17, 15) is 9.59 Å². The smallest absolute Gasteiger partial charge is 0.345 e. The number of rotatable bonds is 5. The van der Waals surface area contributed by atoms with E-state index in [0.717, 1.165) is 30.6 Å². The summed E-state index contributed by atoms with van der Waals surface area (Å²) in [5.74, 6) is -1.19. The van der Waals surface area contributed by atoms with E-state index in [-0.39, 0.29) is 23.4 Å². The van der Waals surface area contributed by atoms with Crippen LogP contribution in [-0.2, 0) is 0 Å². The largest absolute Gasteiger partial charge is 0.477 e. The van der Waals surface area contributed by atoms with Gasteiger partial charge in [-0.15, -0.1) is 11.3 Å². The lowest BCUT2D eigenvalue weighted by atomic mass is 9.91. The monoisotopic (exact) mass is 269 g/mol. The zero-order chi connectivity index (χ0) is 13.1. The predicted molar refractivity (Wildman–Crippen MR) is 67.0 cm³/mol. The fourth-order valence-corrected chi connectivity index (χ4v) is 2.77. The molecule has 0 unspecified atom stereocenters. The van der Waals surface area contributed by atoms with Crippen molar-refractivity contribution in [2.24, 2.45) is 0 Å². The Morgan fingerprint density at radius 1 is 1.33 bits per heavy atom. The Labute approximate surface area is 109 Å². The molecular formula is C12H15NO4S. The number of carboxylic acids is 1. The number of hydrogen-bond acceptors (Lipinski definition) is 4. The van der Waals surface area contributed by atoms with Crippen molar-refractivity contribution >= 4 is 23.2 Å². The fraction of sp³-hybridized carbons (Fsp3) is 0.500. The van der Waals surface area contributed by atoms with E-state index in [1.807, 2.05) is 0 Å². The highest BCUT2D eigenvalue weighted by Crippen LogP contribution is 2.27. The highest BCUT2D eigenvalue weighted by molar-refractivity contribution is 7.15. The molecule has 1 heterocycles. The maximum Gasteiger partial charge on any atom is 0.345 e. The molecule has 98 valence electrons. The lowest BCUT2D eigenvalue weighted by molar-refractivity contribution is 0.0530. The summed E-state index contributed by atoms with van der Waals surface area (Å²) in [4.78, 5) is 25.3. The molecule has 1 saturated carbocycles. The summed E-state index contributed by atoms with van der Waals surface area (Å²) < 4.78 is 0. The van der Waals surface area contributed by atoms with Crippen molar-refractivity contribution in [3.05, 3.63) is 21.9 Å². The number of thiophene rings is 1. The molecule has 1 aromatic rings. The summed E-state index contributed by atoms with van der Waals surface area (Å²) in [6.45, 7) is 0.239. The minimum Gasteiger partial charge on any atom is -0.477 e. The molecule has 6 heteroatoms. The Hall–Kier alpha value is -1.40. The van der Waals surface area contributed by atoms with Gasteiger partial charge >= 0.3 is 5.97 Å². The third kappa shape index (κ3) is 2.54. The zero-order valence-corrected chi connectivity index (χ0v) is 10.7. The Balaban J connectivity index is 2.13. The van der Waals surface area contributed by atoms with E-state index >= 15 is 0 Å². The Morgan fingerprint density at radius 3 is 2.44 bits per heavy atom. The minimum absolute atomic E-state index is 0.0700. The topological polar surface area (TPSA) is 77.8 Å². The molecule has 1 amide bonds. The molecule has 18 heavy (non-hydrogen) atoms. The molecule has 0 saturated heterocycles. The van der Waals surface area contributed by atoms with Crippen molar-refractivity contribution in [2.75, 3.05) is 13.2 Å². The molecule has 0 aliphatic heterocycles. The van der Waals surface area contributed by atoms with Gasteiger partial charge in [0.25, 0.3) is 5.91 Å². The number of hydrogen-bond donors (Lipinski definition) is 2. The molecule has 1 fully saturated rings. The van der Waals surface area contributed by atoms with Gasteiger partial charge in [0.1, 0.15) is 4.88 Å². The summed E-state index contributed by atoms with van der Waals surface area (Å²) >= 11 is 0.983. The van der Waals surface area contributed by atoms with Crippen molar-refractivity contribution in [1.82, 2.24) is 4.90 Å². The lowest BCUT2D eigenvalue weighted by Crippen LogP contribution is -2.45. The van der Waals surface area contributed by atoms with Gasteiger partial charge in [-0.05, 0) is 31.4 Å². The predicted octanol–water partition coefficient (Wildman–Crippen LogP) is 1.43. The Kier molecular flexibility index (Phi) is 3.98. The normalized spacial score (nSPS) is 15.2. The Bertz CT molecular complexity index is 453. The molecular weight excluding hydrogens is 254 g/mol. The van der Waals surface area contributed by atoms with E-state index in [2.05, 4.69) is 0 Å². The first-order valence-corrected chi connectivity index (χ1v) is 6.70. The van der Waals surface area contributed by atoms with Gasteiger partial charge in [0.05, 0.1) is 11.5 Å². The van der Waals surface area contributed by atoms with Gasteiger partial charge in [0.15, 0.2) is 0 Å². The second kappa shape index (κ2) is 5.49. The van der Waals surface area contributed by atoms with Crippen LogP contribution in [0.4, 0.5) is 0 Å². The third-order valence-electron chi connectivity index (χ3n) is 3.14. The number of carbonyl (C=O) groups is 2. The van der Waals surface area contributed by atoms with Gasteiger partial charge in [0, 0.05) is 12.6 Å². The highest BCUT2D eigenvalue weighted by atomic mass is 32.1. The van der Waals surface area contributed by atoms with Crippen LogP contribution in [0.15, 0.2) is 12.1 Å². The first kappa shape index (κ1) is 13.0. The summed E-state index contributed by atoms with van der Waals surface area (Å²) in [5.41, 5.74) is 0. The number of aromatic carboxylic acids is 1. The van der Waals surface area contributed by atoms with Crippen LogP contribution in [0.5, 0.6) is 0 Å². The van der Waals surface area contributed by atoms with E-state index in [1.54, 1.807) is 11.0 Å². The Morgan fingerprint density at radius 2 is 2.00 bits per heavy atom. The van der Waals surface area contributed by atoms with E-state index in [4.69, 9.17) is 10.2 Å². The number of aliphatic hydroxyl groups excluding tert-OH is 1. The molecule has 1 aliphatic carbocycles. The molecule has 0 atom stereocenters. The molecule has 1 aliphatic rings. The fourth-order valence-electron chi connectivity index (χ4n) is 1.97. The number of aliphatic hydroxyl groups is 1. The number of carbonyl (C=O) groups excluding carboxylic acids is 1. The summed E-state index contributed by atoms with van der Waals surface area (Å²) in [6, 6.07) is 3.18. The van der Waals surface area contributed by atoms with E-state index < -0.39 is 5.97 Å². The van der Waals surface area contributed by atoms with E-state index in [0.29, 0.717) is 11.4 Å². The lowest BCUT2D eigenvalue weighted by Gasteiger charge is -2.37. The standard InChI is InChI=1S/C12H15NO4S/c14-7-6-13(8-2-1-3-8)11(15)9-4-5-10(18-9)12(16)17/h4-5,8,14H,1-3,6-7H2,(H,16,17). The van der Waals surface area contributed by atoms with Crippen molar-refractivity contribution in [1.29, 1.82) is 0 Å². The molecule has 1 aromatic heterocycles. The van der Waals surface area contributed by atoms with Crippen LogP contribution < -0.4 is 0 Å². The van der Waals surface area contributed by atoms with E-state index in [1.165, 1.54) is 6.07 Å². The van der Waals surface area contributed by atoms with Crippen LogP contribution in [-0.4, -0.2) is 46.2 Å². The van der Waals surface area contributed by atoms with Gasteiger partial charge in [0.2, 0.25) is 0 Å². The molecule has 0 radical (unpaired) electrons. The number of amides is 1. The summed E-state index contributed by atoms with van der Waals surface area (Å²) in [5, 5.41) is 17.8. The van der Waals surface area contributed by atoms with Crippen LogP contribution in [0.1, 0.15) is 38.6 Å². The molecule has 0 bridgehead atoms. The van der Waals surface area contributed by atoms with Gasteiger partial charge < -0.3 is 15.1 Å². The quantitative estimate of drug-likeness (QED) is 0.847. The molecule has 0 aromatic carbocycles. The average Bonchev–Trinajstić information content (AvgIpc) is 2.74. The zero-order valence-electron chi connectivity index (χ0n) is 9.83. The minimum atomic E-state index is -1.02. The van der Waals surface area contributed by atoms with Gasteiger partial charge in [-0.25, -0.2) is 4.79 Å². The molecule has 2 rings (SSSR count). The van der Waals surface area contributed by atoms with Crippen molar-refractivity contribution < 1.29 is 19.8 Å². The second-order valence-corrected chi connectivity index (χ2v) is 5.36. The molecule has 5 nitrogen and oxygen atoms in total. The second-order valence-electron chi connectivity index (χ2n) is 4.28. The van der Waals surface area contributed by atoms with Crippen LogP contribution >= 0.6 is 11.3 Å². The third-order valence-corrected chi connectivity index (χ3v) is 4.21. The number of carboxylic acid groups (broad SMARTS) is 1. The van der Waals surface area contributed by atoms with Crippen LogP contribution in [0, 0.1) is 0 Å². The average molecular weight is 269 g/mol. The molecule has 2 N–H and O–H groups in total. The summed E-state index contributed by atoms with van der Waals surface area (Å²) in [6.07, 6.45) is 3.02. The summed E-state index contributed by atoms with van der Waals surface area (Å²) in [7, 11) is 0. The van der Waals surface area contributed by atoms with Crippen molar-refractivity contribution in [2.45, 2.75) is 25.3 Å². The van der Waals surface area contributed by atoms with Gasteiger partial charge in [-0.1, -0.05) is 0 Å². The number of nitrogens with zero attached hydrogens (tertiary/aromatic N) is 1. The maximum atomic E-state index is 12.2. The van der Waals surface area contributed by atoms with Crippen LogP contribution in [0.3, 0.4) is 0 Å². The maximum absolute atomic E-state index is 12.2. The van der Waals surface area contributed by atoms with Crippen molar-refractivity contribution in [3.8, 4) is 0 Å². The van der Waals surface area contributed by atoms with Gasteiger partial charge in [-0.2, -0.15) is 0 Å². The molecule has 0 spiro atoms. The van der Waals surface area contributed by atoms with Crippen LogP contribution in [0.2, 0.25) is 0 Å². The van der Waals surface area contributed by atoms with Gasteiger partial charge in [-0.3, -0.25) is 4.79 Å². The highest BCUT2D eigenvalue weighted by Gasteiger charge is 2.29. The van der Waals surface area contributed by atoms with Crippen LogP contribution in [0.25, 0.3) is 0 Å². The first-order chi connectivity index (χ1) is 8.63.